The predicted octanol–water partition coefficient (Wildman–Crippen LogP) is 1.89. The molecule has 3 atom stereocenters. The van der Waals surface area contributed by atoms with E-state index >= 15 is 0 Å². The Morgan fingerprint density at radius 2 is 2.25 bits per heavy atom. The fourth-order valence-corrected chi connectivity index (χ4v) is 3.62. The summed E-state index contributed by atoms with van der Waals surface area (Å²) < 4.78 is 5.98. The van der Waals surface area contributed by atoms with Gasteiger partial charge in [0.25, 0.3) is 0 Å². The molecule has 0 aromatic heterocycles. The van der Waals surface area contributed by atoms with Gasteiger partial charge >= 0.3 is 0 Å². The van der Waals surface area contributed by atoms with Gasteiger partial charge in [-0.05, 0) is 24.8 Å². The lowest BCUT2D eigenvalue weighted by atomic mass is 9.56. The molecule has 1 aromatic rings. The third-order valence-corrected chi connectivity index (χ3v) is 4.37. The van der Waals surface area contributed by atoms with Crippen molar-refractivity contribution in [3.63, 3.8) is 0 Å². The van der Waals surface area contributed by atoms with Gasteiger partial charge in [0, 0.05) is 17.9 Å². The molecule has 1 saturated carbocycles. The van der Waals surface area contributed by atoms with Crippen LogP contribution in [-0.4, -0.2) is 12.5 Å². The van der Waals surface area contributed by atoms with E-state index in [1.54, 1.807) is 0 Å². The first-order valence-electron chi connectivity index (χ1n) is 5.87. The van der Waals surface area contributed by atoms with Gasteiger partial charge in [0.15, 0.2) is 0 Å². The zero-order valence-electron chi connectivity index (χ0n) is 8.90. The highest BCUT2D eigenvalue weighted by Gasteiger charge is 2.65. The molecule has 2 fully saturated rings. The van der Waals surface area contributed by atoms with E-state index in [0.29, 0.717) is 5.92 Å². The maximum absolute atomic E-state index is 12.0. The first kappa shape index (κ1) is 8.76. The van der Waals surface area contributed by atoms with Crippen LogP contribution in [0.3, 0.4) is 0 Å². The fraction of sp³-hybridized carbons (Fsp3) is 0.462. The van der Waals surface area contributed by atoms with Gasteiger partial charge < -0.3 is 10.1 Å². The summed E-state index contributed by atoms with van der Waals surface area (Å²) in [5.74, 6) is 0.719. The summed E-state index contributed by atoms with van der Waals surface area (Å²) in [6.45, 7) is 0.794. The van der Waals surface area contributed by atoms with Gasteiger partial charge in [-0.15, -0.1) is 0 Å². The Labute approximate surface area is 93.8 Å². The molecule has 0 radical (unpaired) electrons. The molecule has 16 heavy (non-hydrogen) atoms. The monoisotopic (exact) mass is 215 g/mol. The molecule has 2 heterocycles. The molecule has 1 N–H and O–H groups in total. The molecule has 4 rings (SSSR count). The summed E-state index contributed by atoms with van der Waals surface area (Å²) in [7, 11) is 0. The average Bonchev–Trinajstić information content (AvgIpc) is 2.57. The largest absolute Gasteiger partial charge is 0.369 e. The zero-order valence-corrected chi connectivity index (χ0v) is 8.90. The number of anilines is 1. The number of carbonyl (C=O) groups is 1. The first-order valence-corrected chi connectivity index (χ1v) is 5.87. The number of ether oxygens (including phenoxy) is 1. The highest BCUT2D eigenvalue weighted by Crippen LogP contribution is 2.62. The van der Waals surface area contributed by atoms with Crippen molar-refractivity contribution in [1.29, 1.82) is 0 Å². The SMILES string of the molecule is O=C1Nc2ccccc2C23OCCC2CC13. The van der Waals surface area contributed by atoms with Crippen LogP contribution in [0.15, 0.2) is 24.3 Å². The van der Waals surface area contributed by atoms with Crippen LogP contribution < -0.4 is 5.32 Å². The molecular formula is C13H13NO2. The van der Waals surface area contributed by atoms with E-state index in [4.69, 9.17) is 4.74 Å². The van der Waals surface area contributed by atoms with Gasteiger partial charge in [-0.3, -0.25) is 4.79 Å². The molecule has 1 aliphatic carbocycles. The van der Waals surface area contributed by atoms with Crippen LogP contribution in [0.1, 0.15) is 18.4 Å². The van der Waals surface area contributed by atoms with Crippen molar-refractivity contribution >= 4 is 11.6 Å². The minimum Gasteiger partial charge on any atom is -0.369 e. The molecule has 1 amide bonds. The van der Waals surface area contributed by atoms with Crippen molar-refractivity contribution in [1.82, 2.24) is 0 Å². The van der Waals surface area contributed by atoms with E-state index in [-0.39, 0.29) is 17.4 Å². The molecule has 1 saturated heterocycles. The second-order valence-electron chi connectivity index (χ2n) is 4.95. The van der Waals surface area contributed by atoms with Gasteiger partial charge in [0.05, 0.1) is 5.92 Å². The summed E-state index contributed by atoms with van der Waals surface area (Å²) >= 11 is 0. The fourth-order valence-electron chi connectivity index (χ4n) is 3.62. The van der Waals surface area contributed by atoms with Crippen molar-refractivity contribution in [2.75, 3.05) is 11.9 Å². The van der Waals surface area contributed by atoms with Gasteiger partial charge in [-0.2, -0.15) is 0 Å². The van der Waals surface area contributed by atoms with Gasteiger partial charge in [-0.25, -0.2) is 0 Å². The van der Waals surface area contributed by atoms with Crippen LogP contribution in [0, 0.1) is 11.8 Å². The molecule has 3 unspecified atom stereocenters. The number of para-hydroxylation sites is 1. The molecule has 1 aromatic carbocycles. The van der Waals surface area contributed by atoms with E-state index < -0.39 is 0 Å². The minimum atomic E-state index is -0.279. The molecule has 3 heteroatoms. The van der Waals surface area contributed by atoms with E-state index in [1.807, 2.05) is 18.2 Å². The highest BCUT2D eigenvalue weighted by atomic mass is 16.5. The lowest BCUT2D eigenvalue weighted by Gasteiger charge is -2.53. The number of hydrogen-bond donors (Lipinski definition) is 1. The van der Waals surface area contributed by atoms with Crippen molar-refractivity contribution in [2.24, 2.45) is 11.8 Å². The summed E-state index contributed by atoms with van der Waals surface area (Å²) in [6, 6.07) is 8.05. The number of fused-ring (bicyclic) bond motifs is 1. The Bertz CT molecular complexity index is 485. The number of benzene rings is 1. The molecule has 2 aliphatic heterocycles. The Morgan fingerprint density at radius 3 is 3.12 bits per heavy atom. The third kappa shape index (κ3) is 0.789. The molecular weight excluding hydrogens is 202 g/mol. The van der Waals surface area contributed by atoms with Crippen molar-refractivity contribution in [2.45, 2.75) is 18.4 Å². The van der Waals surface area contributed by atoms with Crippen LogP contribution in [0.2, 0.25) is 0 Å². The predicted molar refractivity (Wildman–Crippen MR) is 58.9 cm³/mol. The van der Waals surface area contributed by atoms with E-state index in [9.17, 15) is 4.79 Å². The second-order valence-corrected chi connectivity index (χ2v) is 4.95. The Kier molecular flexibility index (Phi) is 1.46. The summed E-state index contributed by atoms with van der Waals surface area (Å²) in [4.78, 5) is 12.0. The van der Waals surface area contributed by atoms with E-state index in [0.717, 1.165) is 25.1 Å². The number of amides is 1. The smallest absolute Gasteiger partial charge is 0.230 e. The quantitative estimate of drug-likeness (QED) is 0.717. The average molecular weight is 215 g/mol. The molecule has 0 bridgehead atoms. The van der Waals surface area contributed by atoms with Crippen molar-refractivity contribution in [3.05, 3.63) is 29.8 Å². The summed E-state index contributed by atoms with van der Waals surface area (Å²) in [6.07, 6.45) is 2.08. The Balaban J connectivity index is 1.95. The van der Waals surface area contributed by atoms with E-state index in [1.165, 1.54) is 5.56 Å². The maximum Gasteiger partial charge on any atom is 0.230 e. The van der Waals surface area contributed by atoms with Crippen LogP contribution in [0.5, 0.6) is 0 Å². The topological polar surface area (TPSA) is 38.3 Å². The Hall–Kier alpha value is -1.35. The molecule has 3 nitrogen and oxygen atoms in total. The van der Waals surface area contributed by atoms with Gasteiger partial charge in [0.1, 0.15) is 5.60 Å². The molecule has 82 valence electrons. The minimum absolute atomic E-state index is 0.0369. The van der Waals surface area contributed by atoms with Crippen LogP contribution in [-0.2, 0) is 15.1 Å². The van der Waals surface area contributed by atoms with Crippen LogP contribution in [0.25, 0.3) is 0 Å². The number of hydrogen-bond acceptors (Lipinski definition) is 2. The van der Waals surface area contributed by atoms with Gasteiger partial charge in [0.2, 0.25) is 5.91 Å². The lowest BCUT2D eigenvalue weighted by molar-refractivity contribution is -0.165. The van der Waals surface area contributed by atoms with Crippen molar-refractivity contribution in [3.8, 4) is 0 Å². The summed E-state index contributed by atoms with van der Waals surface area (Å²) in [5.41, 5.74) is 1.85. The zero-order chi connectivity index (χ0) is 10.8. The summed E-state index contributed by atoms with van der Waals surface area (Å²) in [5, 5.41) is 2.98. The molecule has 1 spiro atoms. The maximum atomic E-state index is 12.0. The number of nitrogens with one attached hydrogen (secondary N) is 1. The Morgan fingerprint density at radius 1 is 1.38 bits per heavy atom. The lowest BCUT2D eigenvalue weighted by Crippen LogP contribution is -2.58. The van der Waals surface area contributed by atoms with Crippen LogP contribution >= 0.6 is 0 Å². The number of carbonyl (C=O) groups excluding carboxylic acids is 1. The van der Waals surface area contributed by atoms with Crippen LogP contribution in [0.4, 0.5) is 5.69 Å². The van der Waals surface area contributed by atoms with Crippen molar-refractivity contribution < 1.29 is 9.53 Å². The first-order chi connectivity index (χ1) is 7.82. The third-order valence-electron chi connectivity index (χ3n) is 4.37. The number of rotatable bonds is 0. The second kappa shape index (κ2) is 2.66. The highest BCUT2D eigenvalue weighted by molar-refractivity contribution is 5.98. The standard InChI is InChI=1S/C13H13NO2/c15-12-10-7-8-5-6-16-13(8,10)9-3-1-2-4-11(9)14-12/h1-4,8,10H,5-7H2,(H,14,15). The molecule has 3 aliphatic rings. The normalized spacial score (nSPS) is 39.1. The van der Waals surface area contributed by atoms with E-state index in [2.05, 4.69) is 11.4 Å². The van der Waals surface area contributed by atoms with Gasteiger partial charge in [-0.1, -0.05) is 18.2 Å².